The van der Waals surface area contributed by atoms with Crippen molar-refractivity contribution in [3.8, 4) is 0 Å². The minimum absolute atomic E-state index is 0. The van der Waals surface area contributed by atoms with E-state index in [1.807, 2.05) is 0 Å². The zero-order chi connectivity index (χ0) is 10.6. The lowest BCUT2D eigenvalue weighted by Gasteiger charge is -2.03. The summed E-state index contributed by atoms with van der Waals surface area (Å²) in [4.78, 5) is 11.1. The third-order valence-corrected chi connectivity index (χ3v) is 2.25. The minimum Gasteiger partial charge on any atom is -0.466 e. The van der Waals surface area contributed by atoms with Crippen LogP contribution in [0.4, 0.5) is 0 Å². The molecular weight excluding hydrogens is 200 g/mol. The molecule has 0 saturated heterocycles. The SMILES string of the molecule is CCCCCCOC(=O)CCCCC.[MgH2]. The predicted molar refractivity (Wildman–Crippen MR) is 67.8 cm³/mol. The summed E-state index contributed by atoms with van der Waals surface area (Å²) >= 11 is 0. The van der Waals surface area contributed by atoms with E-state index >= 15 is 0 Å². The lowest BCUT2D eigenvalue weighted by atomic mass is 10.2. The molecule has 0 unspecified atom stereocenters. The van der Waals surface area contributed by atoms with Gasteiger partial charge in [0.25, 0.3) is 0 Å². The Labute approximate surface area is 110 Å². The van der Waals surface area contributed by atoms with Crippen molar-refractivity contribution in [1.29, 1.82) is 0 Å². The molecule has 2 nitrogen and oxygen atoms in total. The molecule has 0 heterocycles. The average Bonchev–Trinajstić information content (AvgIpc) is 2.18. The topological polar surface area (TPSA) is 26.3 Å². The molecule has 0 aromatic heterocycles. The first-order chi connectivity index (χ1) is 6.81. The van der Waals surface area contributed by atoms with Crippen molar-refractivity contribution in [2.45, 2.75) is 65.2 Å². The Kier molecular flexibility index (Phi) is 16.7. The molecule has 3 heteroatoms. The van der Waals surface area contributed by atoms with Crippen LogP contribution in [0.25, 0.3) is 0 Å². The molecule has 0 spiro atoms. The second kappa shape index (κ2) is 14.2. The molecule has 88 valence electrons. The number of hydrogen-bond acceptors (Lipinski definition) is 2. The Morgan fingerprint density at radius 2 is 1.53 bits per heavy atom. The standard InChI is InChI=1S/C12H24O2.Mg.2H/c1-3-5-7-9-11-14-12(13)10-8-6-4-2;;;/h3-11H2,1-2H3;;;. The maximum Gasteiger partial charge on any atom is 0.316 e. The zero-order valence-electron chi connectivity index (χ0n) is 9.68. The fourth-order valence-corrected chi connectivity index (χ4v) is 1.31. The van der Waals surface area contributed by atoms with E-state index in [9.17, 15) is 4.79 Å². The van der Waals surface area contributed by atoms with E-state index in [-0.39, 0.29) is 29.0 Å². The molecule has 0 aromatic rings. The summed E-state index contributed by atoms with van der Waals surface area (Å²) in [5.41, 5.74) is 0. The monoisotopic (exact) mass is 226 g/mol. The highest BCUT2D eigenvalue weighted by atomic mass is 24.3. The number of ether oxygens (including phenoxy) is 1. The van der Waals surface area contributed by atoms with E-state index in [2.05, 4.69) is 13.8 Å². The maximum atomic E-state index is 11.1. The Morgan fingerprint density at radius 1 is 0.933 bits per heavy atom. The van der Waals surface area contributed by atoms with Crippen LogP contribution in [-0.4, -0.2) is 35.6 Å². The van der Waals surface area contributed by atoms with Crippen molar-refractivity contribution < 1.29 is 9.53 Å². The van der Waals surface area contributed by atoms with Crippen molar-refractivity contribution in [1.82, 2.24) is 0 Å². The summed E-state index contributed by atoms with van der Waals surface area (Å²) in [7, 11) is 0. The first-order valence-corrected chi connectivity index (χ1v) is 5.96. The van der Waals surface area contributed by atoms with E-state index in [4.69, 9.17) is 4.74 Å². The van der Waals surface area contributed by atoms with Gasteiger partial charge in [0.05, 0.1) is 6.61 Å². The first-order valence-electron chi connectivity index (χ1n) is 5.96. The second-order valence-corrected chi connectivity index (χ2v) is 3.74. The molecule has 0 fully saturated rings. The highest BCUT2D eigenvalue weighted by Crippen LogP contribution is 2.02. The van der Waals surface area contributed by atoms with Crippen LogP contribution in [0.15, 0.2) is 0 Å². The summed E-state index contributed by atoms with van der Waals surface area (Å²) in [5.74, 6) is -0.0186. The number of unbranched alkanes of at least 4 members (excludes halogenated alkanes) is 5. The molecule has 0 amide bonds. The van der Waals surface area contributed by atoms with Crippen molar-refractivity contribution in [2.75, 3.05) is 6.61 Å². The highest BCUT2D eigenvalue weighted by Gasteiger charge is 2.00. The van der Waals surface area contributed by atoms with E-state index in [1.165, 1.54) is 19.3 Å². The van der Waals surface area contributed by atoms with Crippen LogP contribution in [0.3, 0.4) is 0 Å². The largest absolute Gasteiger partial charge is 0.466 e. The lowest BCUT2D eigenvalue weighted by Crippen LogP contribution is -2.05. The second-order valence-electron chi connectivity index (χ2n) is 3.74. The lowest BCUT2D eigenvalue weighted by molar-refractivity contribution is -0.143. The van der Waals surface area contributed by atoms with Crippen LogP contribution in [0.5, 0.6) is 0 Å². The first kappa shape index (κ1) is 17.6. The molecule has 0 aliphatic carbocycles. The van der Waals surface area contributed by atoms with E-state index in [1.54, 1.807) is 0 Å². The number of esters is 1. The van der Waals surface area contributed by atoms with Crippen LogP contribution in [0.1, 0.15) is 65.2 Å². The Morgan fingerprint density at radius 3 is 2.13 bits per heavy atom. The average molecular weight is 227 g/mol. The smallest absolute Gasteiger partial charge is 0.316 e. The Hall–Kier alpha value is 0.236. The summed E-state index contributed by atoms with van der Waals surface area (Å²) in [6.45, 7) is 4.93. The molecule has 0 aromatic carbocycles. The van der Waals surface area contributed by atoms with Crippen LogP contribution in [0, 0.1) is 0 Å². The van der Waals surface area contributed by atoms with Gasteiger partial charge in [-0.3, -0.25) is 4.79 Å². The van der Waals surface area contributed by atoms with Gasteiger partial charge in [-0.2, -0.15) is 0 Å². The summed E-state index contributed by atoms with van der Waals surface area (Å²) < 4.78 is 5.10. The molecule has 0 atom stereocenters. The van der Waals surface area contributed by atoms with Crippen molar-refractivity contribution in [3.05, 3.63) is 0 Å². The van der Waals surface area contributed by atoms with Crippen molar-refractivity contribution in [3.63, 3.8) is 0 Å². The fraction of sp³-hybridized carbons (Fsp3) is 0.917. The van der Waals surface area contributed by atoms with Gasteiger partial charge in [-0.15, -0.1) is 0 Å². The normalized spacial score (nSPS) is 9.47. The molecule has 0 rings (SSSR count). The number of carbonyl (C=O) groups is 1. The molecule has 0 bridgehead atoms. The van der Waals surface area contributed by atoms with Crippen LogP contribution in [0.2, 0.25) is 0 Å². The highest BCUT2D eigenvalue weighted by molar-refractivity contribution is 5.75. The van der Waals surface area contributed by atoms with Gasteiger partial charge in [0.2, 0.25) is 0 Å². The van der Waals surface area contributed by atoms with Crippen LogP contribution >= 0.6 is 0 Å². The number of hydrogen-bond donors (Lipinski definition) is 0. The van der Waals surface area contributed by atoms with Gasteiger partial charge < -0.3 is 4.74 Å². The zero-order valence-corrected chi connectivity index (χ0v) is 9.68. The van der Waals surface area contributed by atoms with Gasteiger partial charge in [0.15, 0.2) is 0 Å². The van der Waals surface area contributed by atoms with E-state index in [0.717, 1.165) is 25.7 Å². The van der Waals surface area contributed by atoms with Gasteiger partial charge in [-0.25, -0.2) is 0 Å². The third-order valence-electron chi connectivity index (χ3n) is 2.25. The predicted octanol–water partition coefficient (Wildman–Crippen LogP) is 2.77. The fourth-order valence-electron chi connectivity index (χ4n) is 1.31. The quantitative estimate of drug-likeness (QED) is 0.343. The van der Waals surface area contributed by atoms with Gasteiger partial charge in [0.1, 0.15) is 0 Å². The van der Waals surface area contributed by atoms with Gasteiger partial charge >= 0.3 is 29.0 Å². The van der Waals surface area contributed by atoms with E-state index in [0.29, 0.717) is 13.0 Å². The number of rotatable bonds is 9. The van der Waals surface area contributed by atoms with Gasteiger partial charge in [-0.1, -0.05) is 46.0 Å². The molecule has 0 aliphatic heterocycles. The third kappa shape index (κ3) is 14.2. The molecular formula is C12H26MgO2. The summed E-state index contributed by atoms with van der Waals surface area (Å²) in [6.07, 6.45) is 8.53. The van der Waals surface area contributed by atoms with Gasteiger partial charge in [-0.05, 0) is 12.8 Å². The molecule has 0 aliphatic rings. The molecule has 15 heavy (non-hydrogen) atoms. The van der Waals surface area contributed by atoms with E-state index < -0.39 is 0 Å². The Balaban J connectivity index is 0. The number of carbonyl (C=O) groups excluding carboxylic acids is 1. The molecule has 0 N–H and O–H groups in total. The molecule has 0 saturated carbocycles. The minimum atomic E-state index is -0.0186. The van der Waals surface area contributed by atoms with Gasteiger partial charge in [0, 0.05) is 6.42 Å². The molecule has 0 radical (unpaired) electrons. The summed E-state index contributed by atoms with van der Waals surface area (Å²) in [6, 6.07) is 0. The summed E-state index contributed by atoms with van der Waals surface area (Å²) in [5, 5.41) is 0. The van der Waals surface area contributed by atoms with Crippen LogP contribution < -0.4 is 0 Å². The Bertz CT molecular complexity index is 138. The van der Waals surface area contributed by atoms with Crippen molar-refractivity contribution in [2.24, 2.45) is 0 Å². The van der Waals surface area contributed by atoms with Crippen LogP contribution in [-0.2, 0) is 9.53 Å². The maximum absolute atomic E-state index is 11.1. The van der Waals surface area contributed by atoms with Crippen molar-refractivity contribution >= 4 is 29.0 Å².